The van der Waals surface area contributed by atoms with Gasteiger partial charge in [-0.05, 0) is 6.42 Å². The van der Waals surface area contributed by atoms with Crippen LogP contribution in [0, 0.1) is 0 Å². The summed E-state index contributed by atoms with van der Waals surface area (Å²) in [6, 6.07) is 0. The lowest BCUT2D eigenvalue weighted by molar-refractivity contribution is 0.310. The third-order valence-electron chi connectivity index (χ3n) is 0.772. The number of carbonyl (C=O) groups excluding carboxylic acids is 1. The molecular weight excluding hydrogens is 169 g/mol. The molecule has 0 saturated carbocycles. The van der Waals surface area contributed by atoms with Crippen LogP contribution in [0.3, 0.4) is 0 Å². The molecule has 0 bridgehead atoms. The summed E-state index contributed by atoms with van der Waals surface area (Å²) in [6.45, 7) is 0.416. The van der Waals surface area contributed by atoms with Crippen LogP contribution in [0.1, 0.15) is 6.42 Å². The Balaban J connectivity index is 3.29. The van der Waals surface area contributed by atoms with Gasteiger partial charge in [0.2, 0.25) is 6.08 Å². The predicted molar refractivity (Wildman–Crippen MR) is 39.5 cm³/mol. The second-order valence-electron chi connectivity index (χ2n) is 1.81. The molecule has 0 aliphatic rings. The fourth-order valence-corrected chi connectivity index (χ4v) is 0.811. The molecule has 0 atom stereocenters. The summed E-state index contributed by atoms with van der Waals surface area (Å²) >= 11 is 0. The minimum Gasteiger partial charge on any atom is -0.306 e. The van der Waals surface area contributed by atoms with Crippen LogP contribution in [0.4, 0.5) is 0 Å². The van der Waals surface area contributed by atoms with Crippen molar-refractivity contribution in [2.24, 2.45) is 16.0 Å². The molecular formula is C4H10N3O3P. The van der Waals surface area contributed by atoms with E-state index in [-0.39, 0.29) is 13.2 Å². The smallest absolute Gasteiger partial charge is 0.306 e. The van der Waals surface area contributed by atoms with E-state index >= 15 is 0 Å². The fourth-order valence-electron chi connectivity index (χ4n) is 0.396. The lowest BCUT2D eigenvalue weighted by atomic mass is 10.5. The van der Waals surface area contributed by atoms with Gasteiger partial charge in [-0.1, -0.05) is 0 Å². The molecule has 6 nitrogen and oxygen atoms in total. The summed E-state index contributed by atoms with van der Waals surface area (Å²) in [7, 11) is -3.35. The van der Waals surface area contributed by atoms with Crippen LogP contribution in [-0.2, 0) is 13.9 Å². The maximum absolute atomic E-state index is 10.5. The van der Waals surface area contributed by atoms with Gasteiger partial charge in [0, 0.05) is 0 Å². The highest BCUT2D eigenvalue weighted by Gasteiger charge is 2.06. The van der Waals surface area contributed by atoms with Gasteiger partial charge >= 0.3 is 7.67 Å². The lowest BCUT2D eigenvalue weighted by Gasteiger charge is -2.04. The molecule has 0 rings (SSSR count). The Morgan fingerprint density at radius 3 is 2.64 bits per heavy atom. The summed E-state index contributed by atoms with van der Waals surface area (Å²) in [5.41, 5.74) is 9.71. The molecule has 0 spiro atoms. The van der Waals surface area contributed by atoms with E-state index in [1.54, 1.807) is 0 Å². The zero-order chi connectivity index (χ0) is 8.74. The van der Waals surface area contributed by atoms with Crippen molar-refractivity contribution >= 4 is 13.8 Å². The molecule has 64 valence electrons. The number of hydrogen-bond donors (Lipinski definition) is 2. The summed E-state index contributed by atoms with van der Waals surface area (Å²) in [6.07, 6.45) is 1.81. The van der Waals surface area contributed by atoms with Crippen LogP contribution in [0.2, 0.25) is 0 Å². The van der Waals surface area contributed by atoms with E-state index < -0.39 is 7.67 Å². The van der Waals surface area contributed by atoms with Crippen LogP contribution >= 0.6 is 7.67 Å². The number of hydrogen-bond acceptors (Lipinski definition) is 4. The lowest BCUT2D eigenvalue weighted by Crippen LogP contribution is -2.09. The van der Waals surface area contributed by atoms with E-state index in [9.17, 15) is 9.36 Å². The van der Waals surface area contributed by atoms with E-state index in [4.69, 9.17) is 11.0 Å². The number of nitrogens with two attached hydrogens (primary N) is 2. The van der Waals surface area contributed by atoms with Gasteiger partial charge in [0.1, 0.15) is 0 Å². The van der Waals surface area contributed by atoms with Crippen LogP contribution in [0.15, 0.2) is 4.99 Å². The fraction of sp³-hybridized carbons (Fsp3) is 0.750. The van der Waals surface area contributed by atoms with Gasteiger partial charge in [0.05, 0.1) is 13.2 Å². The van der Waals surface area contributed by atoms with Gasteiger partial charge in [0.25, 0.3) is 0 Å². The molecule has 0 saturated heterocycles. The molecule has 4 N–H and O–H groups in total. The number of rotatable bonds is 5. The van der Waals surface area contributed by atoms with Crippen molar-refractivity contribution in [1.29, 1.82) is 0 Å². The Morgan fingerprint density at radius 1 is 1.55 bits per heavy atom. The Hall–Kier alpha value is -0.510. The second kappa shape index (κ2) is 5.18. The van der Waals surface area contributed by atoms with Gasteiger partial charge in [-0.2, -0.15) is 0 Å². The zero-order valence-electron chi connectivity index (χ0n) is 5.90. The molecule has 0 radical (unpaired) electrons. The molecule has 0 aliphatic heterocycles. The third-order valence-corrected chi connectivity index (χ3v) is 1.36. The van der Waals surface area contributed by atoms with Gasteiger partial charge in [-0.15, -0.1) is 0 Å². The summed E-state index contributed by atoms with van der Waals surface area (Å²) in [4.78, 5) is 12.8. The molecule has 0 aromatic rings. The Labute approximate surface area is 64.2 Å². The van der Waals surface area contributed by atoms with E-state index in [0.29, 0.717) is 6.42 Å². The van der Waals surface area contributed by atoms with Gasteiger partial charge < -0.3 is 4.52 Å². The van der Waals surface area contributed by atoms with Crippen LogP contribution in [0.5, 0.6) is 0 Å². The quantitative estimate of drug-likeness (QED) is 0.262. The zero-order valence-corrected chi connectivity index (χ0v) is 6.79. The molecule has 0 aliphatic carbocycles. The van der Waals surface area contributed by atoms with Crippen molar-refractivity contribution < 1.29 is 13.9 Å². The van der Waals surface area contributed by atoms with E-state index in [2.05, 4.69) is 9.52 Å². The average molecular weight is 179 g/mol. The first kappa shape index (κ1) is 10.5. The highest BCUT2D eigenvalue weighted by atomic mass is 31.2. The van der Waals surface area contributed by atoms with Crippen LogP contribution in [-0.4, -0.2) is 19.2 Å². The SMILES string of the molecule is NP(N)(=O)OCCCN=C=O. The maximum atomic E-state index is 10.5. The molecule has 0 amide bonds. The molecule has 0 heterocycles. The second-order valence-corrected chi connectivity index (χ2v) is 3.35. The van der Waals surface area contributed by atoms with E-state index in [1.807, 2.05) is 0 Å². The molecule has 0 aromatic carbocycles. The number of aliphatic imine (C=N–C) groups is 1. The van der Waals surface area contributed by atoms with Crippen LogP contribution < -0.4 is 11.0 Å². The topological polar surface area (TPSA) is 108 Å². The predicted octanol–water partition coefficient (Wildman–Crippen LogP) is -0.246. The van der Waals surface area contributed by atoms with Crippen molar-refractivity contribution in [3.05, 3.63) is 0 Å². The highest BCUT2D eigenvalue weighted by molar-refractivity contribution is 7.53. The monoisotopic (exact) mass is 179 g/mol. The Morgan fingerprint density at radius 2 is 2.18 bits per heavy atom. The number of isocyanates is 1. The van der Waals surface area contributed by atoms with E-state index in [1.165, 1.54) is 6.08 Å². The number of nitrogens with zero attached hydrogens (tertiary/aromatic N) is 1. The molecule has 11 heavy (non-hydrogen) atoms. The first-order valence-electron chi connectivity index (χ1n) is 2.91. The maximum Gasteiger partial charge on any atom is 0.335 e. The van der Waals surface area contributed by atoms with Crippen LogP contribution in [0.25, 0.3) is 0 Å². The Kier molecular flexibility index (Phi) is 4.94. The summed E-state index contributed by atoms with van der Waals surface area (Å²) < 4.78 is 15.0. The normalized spacial score (nSPS) is 10.7. The Bertz CT molecular complexity index is 195. The summed E-state index contributed by atoms with van der Waals surface area (Å²) in [5, 5.41) is 0. The first-order chi connectivity index (χ1) is 5.06. The van der Waals surface area contributed by atoms with Gasteiger partial charge in [0.15, 0.2) is 0 Å². The molecule has 0 unspecified atom stereocenters. The minimum absolute atomic E-state index is 0.134. The highest BCUT2D eigenvalue weighted by Crippen LogP contribution is 2.25. The third kappa shape index (κ3) is 9.49. The average Bonchev–Trinajstić information content (AvgIpc) is 1.85. The van der Waals surface area contributed by atoms with E-state index in [0.717, 1.165) is 0 Å². The van der Waals surface area contributed by atoms with Gasteiger partial charge in [-0.3, -0.25) is 4.57 Å². The molecule has 7 heteroatoms. The standard InChI is InChI=1S/C4H10N3O3P/c5-11(6,9)10-3-1-2-7-4-8/h1-3H2,(H4,5,6,9). The molecule has 0 fully saturated rings. The van der Waals surface area contributed by atoms with Crippen molar-refractivity contribution in [3.63, 3.8) is 0 Å². The minimum atomic E-state index is -3.35. The van der Waals surface area contributed by atoms with Crippen molar-refractivity contribution in [2.45, 2.75) is 6.42 Å². The molecule has 0 aromatic heterocycles. The van der Waals surface area contributed by atoms with Crippen molar-refractivity contribution in [3.8, 4) is 0 Å². The van der Waals surface area contributed by atoms with Crippen molar-refractivity contribution in [1.82, 2.24) is 0 Å². The van der Waals surface area contributed by atoms with Gasteiger partial charge in [-0.25, -0.2) is 20.8 Å². The first-order valence-corrected chi connectivity index (χ1v) is 4.68. The summed E-state index contributed by atoms with van der Waals surface area (Å²) in [5.74, 6) is 0. The largest absolute Gasteiger partial charge is 0.335 e. The van der Waals surface area contributed by atoms with Crippen molar-refractivity contribution in [2.75, 3.05) is 13.2 Å².